The molecule has 1 aromatic heterocycles. The highest BCUT2D eigenvalue weighted by Crippen LogP contribution is 2.35. The minimum absolute atomic E-state index is 0.197. The number of likely N-dealkylation sites (N-methyl/N-ethyl adjacent to an activating group) is 1. The van der Waals surface area contributed by atoms with Gasteiger partial charge in [-0.2, -0.15) is 0 Å². The number of nitrogens with one attached hydrogen (secondary N) is 1. The lowest BCUT2D eigenvalue weighted by atomic mass is 10.1. The fourth-order valence-electron chi connectivity index (χ4n) is 3.15. The highest BCUT2D eigenvalue weighted by Gasteiger charge is 2.19. The molecule has 0 unspecified atom stereocenters. The van der Waals surface area contributed by atoms with E-state index in [2.05, 4.69) is 43.1 Å². The molecule has 2 heterocycles. The summed E-state index contributed by atoms with van der Waals surface area (Å²) >= 11 is 3.42. The first-order valence-electron chi connectivity index (χ1n) is 9.10. The number of ether oxygens (including phenoxy) is 2. The van der Waals surface area contributed by atoms with Crippen LogP contribution in [0.15, 0.2) is 34.9 Å². The van der Waals surface area contributed by atoms with E-state index in [9.17, 15) is 4.79 Å². The number of halogens is 1. The molecule has 1 amide bonds. The molecule has 2 aromatic rings. The third kappa shape index (κ3) is 4.56. The number of benzene rings is 1. The van der Waals surface area contributed by atoms with Crippen LogP contribution in [-0.4, -0.2) is 63.2 Å². The van der Waals surface area contributed by atoms with E-state index in [1.807, 2.05) is 12.1 Å². The Kier molecular flexibility index (Phi) is 6.74. The zero-order chi connectivity index (χ0) is 20.1. The van der Waals surface area contributed by atoms with Crippen LogP contribution in [0.25, 0.3) is 0 Å². The van der Waals surface area contributed by atoms with Crippen LogP contribution in [-0.2, 0) is 6.54 Å². The lowest BCUT2D eigenvalue weighted by Crippen LogP contribution is -2.45. The summed E-state index contributed by atoms with van der Waals surface area (Å²) in [5.74, 6) is 1.83. The normalized spacial score (nSPS) is 14.6. The van der Waals surface area contributed by atoms with Crippen molar-refractivity contribution in [2.45, 2.75) is 6.54 Å². The summed E-state index contributed by atoms with van der Waals surface area (Å²) in [6.45, 7) is 4.25. The summed E-state index contributed by atoms with van der Waals surface area (Å²) < 4.78 is 11.3. The summed E-state index contributed by atoms with van der Waals surface area (Å²) in [7, 11) is 5.23. The van der Waals surface area contributed by atoms with E-state index >= 15 is 0 Å². The maximum atomic E-state index is 12.7. The van der Waals surface area contributed by atoms with Gasteiger partial charge in [-0.25, -0.2) is 4.98 Å². The molecule has 150 valence electrons. The first-order chi connectivity index (χ1) is 13.5. The van der Waals surface area contributed by atoms with Gasteiger partial charge >= 0.3 is 0 Å². The molecule has 8 heteroatoms. The fourth-order valence-corrected chi connectivity index (χ4v) is 3.70. The molecule has 0 spiro atoms. The Hall–Kier alpha value is -2.32. The molecule has 1 aromatic carbocycles. The van der Waals surface area contributed by atoms with E-state index in [0.717, 1.165) is 37.6 Å². The topological polar surface area (TPSA) is 66.9 Å². The summed E-state index contributed by atoms with van der Waals surface area (Å²) in [6.07, 6.45) is 1.80. The van der Waals surface area contributed by atoms with Crippen LogP contribution < -0.4 is 19.7 Å². The molecular formula is C20H25BrN4O3. The zero-order valence-electron chi connectivity index (χ0n) is 16.4. The predicted octanol–water partition coefficient (Wildman–Crippen LogP) is 2.54. The number of hydrogen-bond acceptors (Lipinski definition) is 6. The van der Waals surface area contributed by atoms with Crippen LogP contribution in [0.5, 0.6) is 11.5 Å². The number of carbonyl (C=O) groups is 1. The first kappa shape index (κ1) is 20.4. The number of methoxy groups -OCH3 is 2. The van der Waals surface area contributed by atoms with Crippen molar-refractivity contribution in [3.63, 3.8) is 0 Å². The average molecular weight is 449 g/mol. The predicted molar refractivity (Wildman–Crippen MR) is 112 cm³/mol. The molecule has 0 radical (unpaired) electrons. The molecular weight excluding hydrogens is 424 g/mol. The monoisotopic (exact) mass is 448 g/mol. The van der Waals surface area contributed by atoms with Gasteiger partial charge in [0.05, 0.1) is 14.2 Å². The minimum Gasteiger partial charge on any atom is -0.495 e. The van der Waals surface area contributed by atoms with Crippen LogP contribution in [0, 0.1) is 0 Å². The third-order valence-corrected chi connectivity index (χ3v) is 5.60. The highest BCUT2D eigenvalue weighted by atomic mass is 79.9. The summed E-state index contributed by atoms with van der Waals surface area (Å²) in [5.41, 5.74) is 1.47. The molecule has 1 aliphatic rings. The van der Waals surface area contributed by atoms with Crippen molar-refractivity contribution in [2.24, 2.45) is 0 Å². The number of pyridine rings is 1. The van der Waals surface area contributed by atoms with E-state index in [4.69, 9.17) is 9.47 Å². The van der Waals surface area contributed by atoms with Crippen molar-refractivity contribution in [1.29, 1.82) is 0 Å². The van der Waals surface area contributed by atoms with Crippen LogP contribution in [0.1, 0.15) is 15.9 Å². The van der Waals surface area contributed by atoms with Gasteiger partial charge in [0, 0.05) is 50.0 Å². The quantitative estimate of drug-likeness (QED) is 0.732. The largest absolute Gasteiger partial charge is 0.495 e. The summed E-state index contributed by atoms with van der Waals surface area (Å²) in [6, 6.07) is 7.27. The van der Waals surface area contributed by atoms with Crippen molar-refractivity contribution in [2.75, 3.05) is 52.3 Å². The van der Waals surface area contributed by atoms with Gasteiger partial charge in [-0.1, -0.05) is 6.07 Å². The standard InChI is InChI=1S/C20H25BrN4O3/c1-24-7-9-25(10-8-24)19-14(5-4-6-22-19)13-23-20(26)15-11-16(27-2)18(21)17(12-15)28-3/h4-6,11-12H,7-10,13H2,1-3H3,(H,23,26). The maximum absolute atomic E-state index is 12.7. The number of anilines is 1. The second-order valence-electron chi connectivity index (χ2n) is 6.65. The maximum Gasteiger partial charge on any atom is 0.251 e. The third-order valence-electron chi connectivity index (χ3n) is 4.82. The Morgan fingerprint density at radius 1 is 1.18 bits per heavy atom. The Balaban J connectivity index is 1.73. The number of rotatable bonds is 6. The molecule has 1 saturated heterocycles. The van der Waals surface area contributed by atoms with Gasteiger partial charge in [0.15, 0.2) is 0 Å². The van der Waals surface area contributed by atoms with E-state index in [0.29, 0.717) is 28.1 Å². The lowest BCUT2D eigenvalue weighted by molar-refractivity contribution is 0.0950. The Morgan fingerprint density at radius 2 is 1.82 bits per heavy atom. The number of hydrogen-bond donors (Lipinski definition) is 1. The number of piperazine rings is 1. The number of aromatic nitrogens is 1. The van der Waals surface area contributed by atoms with E-state index < -0.39 is 0 Å². The van der Waals surface area contributed by atoms with Gasteiger partial charge in [-0.3, -0.25) is 4.79 Å². The van der Waals surface area contributed by atoms with E-state index in [-0.39, 0.29) is 5.91 Å². The van der Waals surface area contributed by atoms with Crippen molar-refractivity contribution in [3.05, 3.63) is 46.1 Å². The minimum atomic E-state index is -0.197. The van der Waals surface area contributed by atoms with Gasteiger partial charge in [0.25, 0.3) is 5.91 Å². The molecule has 28 heavy (non-hydrogen) atoms. The summed E-state index contributed by atoms with van der Waals surface area (Å²) in [5, 5.41) is 2.98. The smallest absolute Gasteiger partial charge is 0.251 e. The molecule has 0 saturated carbocycles. The molecule has 7 nitrogen and oxygen atoms in total. The second kappa shape index (κ2) is 9.25. The van der Waals surface area contributed by atoms with Gasteiger partial charge < -0.3 is 24.6 Å². The number of carbonyl (C=O) groups excluding carboxylic acids is 1. The van der Waals surface area contributed by atoms with Gasteiger partial charge in [-0.15, -0.1) is 0 Å². The van der Waals surface area contributed by atoms with Crippen LogP contribution in [0.4, 0.5) is 5.82 Å². The molecule has 1 fully saturated rings. The Labute approximate surface area is 173 Å². The van der Waals surface area contributed by atoms with Crippen LogP contribution in [0.3, 0.4) is 0 Å². The van der Waals surface area contributed by atoms with Gasteiger partial charge in [0.2, 0.25) is 0 Å². The van der Waals surface area contributed by atoms with E-state index in [1.165, 1.54) is 0 Å². The first-order valence-corrected chi connectivity index (χ1v) is 9.90. The zero-order valence-corrected chi connectivity index (χ0v) is 18.0. The van der Waals surface area contributed by atoms with Crippen LogP contribution in [0.2, 0.25) is 0 Å². The van der Waals surface area contributed by atoms with Gasteiger partial charge in [-0.05, 0) is 41.2 Å². The molecule has 1 aliphatic heterocycles. The highest BCUT2D eigenvalue weighted by molar-refractivity contribution is 9.10. The fraction of sp³-hybridized carbons (Fsp3) is 0.400. The second-order valence-corrected chi connectivity index (χ2v) is 7.45. The SMILES string of the molecule is COc1cc(C(=O)NCc2cccnc2N2CCN(C)CC2)cc(OC)c1Br. The summed E-state index contributed by atoms with van der Waals surface area (Å²) in [4.78, 5) is 21.8. The molecule has 0 bridgehead atoms. The van der Waals surface area contributed by atoms with Gasteiger partial charge in [0.1, 0.15) is 21.8 Å². The van der Waals surface area contributed by atoms with Crippen LogP contribution >= 0.6 is 15.9 Å². The van der Waals surface area contributed by atoms with Crippen molar-refractivity contribution in [1.82, 2.24) is 15.2 Å². The molecule has 1 N–H and O–H groups in total. The average Bonchev–Trinajstić information content (AvgIpc) is 2.73. The number of amides is 1. The van der Waals surface area contributed by atoms with E-state index in [1.54, 1.807) is 32.5 Å². The Bertz CT molecular complexity index is 813. The lowest BCUT2D eigenvalue weighted by Gasteiger charge is -2.34. The number of nitrogens with zero attached hydrogens (tertiary/aromatic N) is 3. The molecule has 0 atom stereocenters. The van der Waals surface area contributed by atoms with Crippen molar-refractivity contribution < 1.29 is 14.3 Å². The Morgan fingerprint density at radius 3 is 2.43 bits per heavy atom. The van der Waals surface area contributed by atoms with Crippen molar-refractivity contribution >= 4 is 27.7 Å². The molecule has 3 rings (SSSR count). The van der Waals surface area contributed by atoms with Crippen molar-refractivity contribution in [3.8, 4) is 11.5 Å². The molecule has 0 aliphatic carbocycles.